The Kier molecular flexibility index (Phi) is 2.89. The zero-order valence-corrected chi connectivity index (χ0v) is 11.9. The van der Waals surface area contributed by atoms with Crippen LogP contribution >= 0.6 is 0 Å². The smallest absolute Gasteiger partial charge is 0.308 e. The van der Waals surface area contributed by atoms with Gasteiger partial charge in [0, 0.05) is 38.2 Å². The summed E-state index contributed by atoms with van der Waals surface area (Å²) >= 11 is 0. The monoisotopic (exact) mass is 294 g/mol. The molecule has 1 fully saturated rings. The largest absolute Gasteiger partial charge is 0.358 e. The van der Waals surface area contributed by atoms with E-state index in [1.165, 1.54) is 26.6 Å². The van der Waals surface area contributed by atoms with E-state index in [2.05, 4.69) is 9.97 Å². The van der Waals surface area contributed by atoms with Gasteiger partial charge in [0.15, 0.2) is 5.60 Å². The molecule has 0 aliphatic carbocycles. The predicted octanol–water partition coefficient (Wildman–Crippen LogP) is 0.206. The Balaban J connectivity index is 2.00. The molecule has 2 aromatic rings. The summed E-state index contributed by atoms with van der Waals surface area (Å²) in [5.74, 6) is 0. The molecule has 20 heavy (non-hydrogen) atoms. The Bertz CT molecular complexity index is 720. The van der Waals surface area contributed by atoms with Crippen molar-refractivity contribution in [3.8, 4) is 0 Å². The topological polar surface area (TPSA) is 80.6 Å². The van der Waals surface area contributed by atoms with Crippen molar-refractivity contribution in [1.82, 2.24) is 18.2 Å². The van der Waals surface area contributed by atoms with Gasteiger partial charge in [-0.25, -0.2) is 8.96 Å². The van der Waals surface area contributed by atoms with E-state index >= 15 is 0 Å². The third kappa shape index (κ3) is 1.92. The number of rotatable bonds is 4. The van der Waals surface area contributed by atoms with Gasteiger partial charge in [-0.05, 0) is 6.07 Å². The lowest BCUT2D eigenvalue weighted by atomic mass is 9.99. The first kappa shape index (κ1) is 13.2. The van der Waals surface area contributed by atoms with Crippen LogP contribution in [0.15, 0.2) is 37.1 Å². The standard InChI is InChI=1S/C12H14N4O3S/c1-15(2)20(17,18)16-7-11(14-9-16)12(8-19-12)10-4-3-5-13-6-10/h3-7,9H,8H2,1-2H3. The number of ether oxygens (including phenoxy) is 1. The molecule has 0 spiro atoms. The first-order chi connectivity index (χ1) is 9.47. The number of epoxide rings is 1. The summed E-state index contributed by atoms with van der Waals surface area (Å²) in [7, 11) is -0.611. The molecule has 1 saturated heterocycles. The Morgan fingerprint density at radius 3 is 2.75 bits per heavy atom. The van der Waals surface area contributed by atoms with Crippen molar-refractivity contribution in [1.29, 1.82) is 0 Å². The second kappa shape index (κ2) is 4.37. The zero-order chi connectivity index (χ0) is 14.4. The SMILES string of the molecule is CN(C)S(=O)(=O)n1cnc(C2(c3cccnc3)CO2)c1. The minimum atomic E-state index is -3.55. The number of nitrogens with zero attached hydrogens (tertiary/aromatic N) is 4. The fourth-order valence-corrected chi connectivity index (χ4v) is 2.74. The van der Waals surface area contributed by atoms with E-state index < -0.39 is 15.8 Å². The van der Waals surface area contributed by atoms with Gasteiger partial charge in [-0.2, -0.15) is 12.7 Å². The molecule has 0 bridgehead atoms. The Morgan fingerprint density at radius 1 is 1.45 bits per heavy atom. The van der Waals surface area contributed by atoms with Crippen LogP contribution in [-0.2, 0) is 20.5 Å². The molecule has 0 saturated carbocycles. The molecule has 0 amide bonds. The number of hydrogen-bond donors (Lipinski definition) is 0. The van der Waals surface area contributed by atoms with Crippen LogP contribution < -0.4 is 0 Å². The lowest BCUT2D eigenvalue weighted by Gasteiger charge is -2.11. The predicted molar refractivity (Wildman–Crippen MR) is 71.2 cm³/mol. The molecule has 0 aromatic carbocycles. The van der Waals surface area contributed by atoms with Crippen molar-refractivity contribution < 1.29 is 13.2 Å². The molecular formula is C12H14N4O3S. The summed E-state index contributed by atoms with van der Waals surface area (Å²) in [6.07, 6.45) is 6.14. The zero-order valence-electron chi connectivity index (χ0n) is 11.1. The van der Waals surface area contributed by atoms with E-state index in [0.717, 1.165) is 13.8 Å². The minimum absolute atomic E-state index is 0.470. The average Bonchev–Trinajstić information content (AvgIpc) is 3.09. The van der Waals surface area contributed by atoms with Gasteiger partial charge >= 0.3 is 10.2 Å². The van der Waals surface area contributed by atoms with Crippen molar-refractivity contribution in [3.05, 3.63) is 48.3 Å². The van der Waals surface area contributed by atoms with E-state index in [9.17, 15) is 8.42 Å². The maximum atomic E-state index is 12.0. The van der Waals surface area contributed by atoms with E-state index in [1.807, 2.05) is 12.1 Å². The highest BCUT2D eigenvalue weighted by Gasteiger charge is 2.50. The highest BCUT2D eigenvalue weighted by Crippen LogP contribution is 2.43. The van der Waals surface area contributed by atoms with Crippen LogP contribution in [0.3, 0.4) is 0 Å². The van der Waals surface area contributed by atoms with Gasteiger partial charge in [0.05, 0.1) is 12.3 Å². The van der Waals surface area contributed by atoms with Gasteiger partial charge in [-0.15, -0.1) is 0 Å². The van der Waals surface area contributed by atoms with Crippen LogP contribution in [0.4, 0.5) is 0 Å². The third-order valence-electron chi connectivity index (χ3n) is 3.26. The van der Waals surface area contributed by atoms with E-state index in [-0.39, 0.29) is 0 Å². The summed E-state index contributed by atoms with van der Waals surface area (Å²) in [4.78, 5) is 8.24. The van der Waals surface area contributed by atoms with Crippen molar-refractivity contribution in [2.45, 2.75) is 5.60 Å². The lowest BCUT2D eigenvalue weighted by molar-refractivity contribution is 0.343. The number of pyridine rings is 1. The number of aromatic nitrogens is 3. The molecule has 7 nitrogen and oxygen atoms in total. The van der Waals surface area contributed by atoms with Gasteiger partial charge < -0.3 is 4.74 Å². The van der Waals surface area contributed by atoms with E-state index in [4.69, 9.17) is 4.74 Å². The van der Waals surface area contributed by atoms with Gasteiger partial charge in [-0.3, -0.25) is 4.98 Å². The fraction of sp³-hybridized carbons (Fsp3) is 0.333. The molecule has 106 valence electrons. The minimum Gasteiger partial charge on any atom is -0.358 e. The summed E-state index contributed by atoms with van der Waals surface area (Å²) in [6.45, 7) is 0.470. The van der Waals surface area contributed by atoms with Crippen molar-refractivity contribution >= 4 is 10.2 Å². The Hall–Kier alpha value is -1.77. The van der Waals surface area contributed by atoms with Gasteiger partial charge in [-0.1, -0.05) is 6.07 Å². The maximum absolute atomic E-state index is 12.0. The molecule has 8 heteroatoms. The molecule has 0 radical (unpaired) electrons. The van der Waals surface area contributed by atoms with E-state index in [0.29, 0.717) is 12.3 Å². The normalized spacial score (nSPS) is 22.1. The molecule has 1 aliphatic heterocycles. The van der Waals surface area contributed by atoms with Crippen LogP contribution in [0.25, 0.3) is 0 Å². The summed E-state index contributed by atoms with van der Waals surface area (Å²) in [5.41, 5.74) is 0.768. The molecule has 2 aromatic heterocycles. The van der Waals surface area contributed by atoms with Crippen molar-refractivity contribution in [2.24, 2.45) is 0 Å². The van der Waals surface area contributed by atoms with E-state index in [1.54, 1.807) is 12.4 Å². The average molecular weight is 294 g/mol. The van der Waals surface area contributed by atoms with Crippen LogP contribution in [0.2, 0.25) is 0 Å². The highest BCUT2D eigenvalue weighted by atomic mass is 32.2. The van der Waals surface area contributed by atoms with Crippen LogP contribution in [0, 0.1) is 0 Å². The Labute approximate surface area is 117 Å². The van der Waals surface area contributed by atoms with Crippen LogP contribution in [0.1, 0.15) is 11.3 Å². The Morgan fingerprint density at radius 2 is 2.20 bits per heavy atom. The maximum Gasteiger partial charge on any atom is 0.308 e. The van der Waals surface area contributed by atoms with Crippen LogP contribution in [0.5, 0.6) is 0 Å². The number of hydrogen-bond acceptors (Lipinski definition) is 5. The lowest BCUT2D eigenvalue weighted by Crippen LogP contribution is -2.27. The molecule has 1 atom stereocenters. The third-order valence-corrected chi connectivity index (χ3v) is 4.92. The van der Waals surface area contributed by atoms with Crippen molar-refractivity contribution in [2.75, 3.05) is 20.7 Å². The second-order valence-electron chi connectivity index (χ2n) is 4.74. The van der Waals surface area contributed by atoms with Crippen LogP contribution in [-0.4, -0.2) is 47.4 Å². The summed E-state index contributed by atoms with van der Waals surface area (Å²) in [6, 6.07) is 3.70. The molecule has 3 heterocycles. The van der Waals surface area contributed by atoms with Gasteiger partial charge in [0.2, 0.25) is 0 Å². The quantitative estimate of drug-likeness (QED) is 0.753. The second-order valence-corrected chi connectivity index (χ2v) is 6.78. The summed E-state index contributed by atoms with van der Waals surface area (Å²) < 4.78 is 31.8. The fourth-order valence-electron chi connectivity index (χ4n) is 1.97. The molecule has 3 rings (SSSR count). The number of imidazole rings is 1. The van der Waals surface area contributed by atoms with Gasteiger partial charge in [0.25, 0.3) is 0 Å². The first-order valence-corrected chi connectivity index (χ1v) is 7.38. The summed E-state index contributed by atoms with van der Waals surface area (Å²) in [5, 5.41) is 0. The molecule has 1 aliphatic rings. The highest BCUT2D eigenvalue weighted by molar-refractivity contribution is 7.87. The molecule has 1 unspecified atom stereocenters. The van der Waals surface area contributed by atoms with Crippen molar-refractivity contribution in [3.63, 3.8) is 0 Å². The molecular weight excluding hydrogens is 280 g/mol. The molecule has 0 N–H and O–H groups in total. The first-order valence-electron chi connectivity index (χ1n) is 5.99. The van der Waals surface area contributed by atoms with Gasteiger partial charge in [0.1, 0.15) is 6.33 Å².